The maximum absolute atomic E-state index is 13.7. The summed E-state index contributed by atoms with van der Waals surface area (Å²) in [5, 5.41) is 20.4. The van der Waals surface area contributed by atoms with Crippen LogP contribution in [0.1, 0.15) is 193 Å². The maximum Gasteiger partial charge on any atom is 0.338 e. The van der Waals surface area contributed by atoms with Crippen molar-refractivity contribution in [2.24, 2.45) is 17.3 Å². The summed E-state index contributed by atoms with van der Waals surface area (Å²) in [6, 6.07) is 14.5. The van der Waals surface area contributed by atoms with Gasteiger partial charge in [-0.25, -0.2) is 9.59 Å². The van der Waals surface area contributed by atoms with Gasteiger partial charge < -0.3 is 19.7 Å². The van der Waals surface area contributed by atoms with E-state index in [0.717, 1.165) is 48.6 Å². The number of hydrogen-bond donors (Lipinski definition) is 2. The lowest BCUT2D eigenvalue weighted by Gasteiger charge is -2.38. The van der Waals surface area contributed by atoms with Crippen LogP contribution in [0.25, 0.3) is 0 Å². The highest BCUT2D eigenvalue weighted by molar-refractivity contribution is 5.91. The van der Waals surface area contributed by atoms with Crippen molar-refractivity contribution in [3.8, 4) is 0 Å². The topological polar surface area (TPSA) is 127 Å². The summed E-state index contributed by atoms with van der Waals surface area (Å²) in [5.41, 5.74) is 1.10. The van der Waals surface area contributed by atoms with Crippen molar-refractivity contribution in [3.05, 3.63) is 70.8 Å². The minimum absolute atomic E-state index is 0.0278. The third-order valence-electron chi connectivity index (χ3n) is 12.8. The van der Waals surface area contributed by atoms with Gasteiger partial charge in [-0.15, -0.1) is 0 Å². The Morgan fingerprint density at radius 1 is 0.611 bits per heavy atom. The van der Waals surface area contributed by atoms with Crippen LogP contribution in [-0.4, -0.2) is 46.3 Å². The molecule has 2 aromatic rings. The standard InChI is InChI=1S/C46H66O8/c1-5-9-11-13-32-15-19-34(20-16-32)36-23-27-38(28-24-36)43(49)53-40(31-41(47)48)42(46(7-3,8-4)45(51)52)54-44(50)39-29-25-37(26-30-39)35-21-17-33(18-22-35)14-12-10-6-2/h23-30,32-35,40,42H,5-22,31H2,1-4H3,(H,47,48)(H,51,52)/t32-,33-,34-,35-,40-,42+/m1/s1. The summed E-state index contributed by atoms with van der Waals surface area (Å²) >= 11 is 0. The summed E-state index contributed by atoms with van der Waals surface area (Å²) < 4.78 is 11.8. The van der Waals surface area contributed by atoms with Crippen molar-refractivity contribution in [1.82, 2.24) is 0 Å². The van der Waals surface area contributed by atoms with E-state index >= 15 is 0 Å². The second kappa shape index (κ2) is 21.4. The van der Waals surface area contributed by atoms with E-state index in [1.54, 1.807) is 38.1 Å². The van der Waals surface area contributed by atoms with Crippen LogP contribution in [0.3, 0.4) is 0 Å². The number of carboxylic acid groups (broad SMARTS) is 2. The van der Waals surface area contributed by atoms with Gasteiger partial charge in [0, 0.05) is 0 Å². The largest absolute Gasteiger partial charge is 0.481 e. The normalized spacial score (nSPS) is 21.5. The van der Waals surface area contributed by atoms with E-state index < -0.39 is 47.9 Å². The van der Waals surface area contributed by atoms with Crippen LogP contribution in [0.4, 0.5) is 0 Å². The molecule has 2 N–H and O–H groups in total. The average molecular weight is 747 g/mol. The number of benzene rings is 2. The van der Waals surface area contributed by atoms with E-state index in [2.05, 4.69) is 13.8 Å². The van der Waals surface area contributed by atoms with Crippen LogP contribution >= 0.6 is 0 Å². The van der Waals surface area contributed by atoms with Crippen LogP contribution in [0.2, 0.25) is 0 Å². The quantitative estimate of drug-likeness (QED) is 0.0954. The van der Waals surface area contributed by atoms with Crippen LogP contribution in [0, 0.1) is 17.3 Å². The molecule has 0 spiro atoms. The lowest BCUT2D eigenvalue weighted by Crippen LogP contribution is -2.52. The van der Waals surface area contributed by atoms with Gasteiger partial charge >= 0.3 is 23.9 Å². The first-order chi connectivity index (χ1) is 26.0. The Morgan fingerprint density at radius 3 is 1.37 bits per heavy atom. The minimum atomic E-state index is -1.69. The van der Waals surface area contributed by atoms with Gasteiger partial charge in [-0.2, -0.15) is 0 Å². The summed E-state index contributed by atoms with van der Waals surface area (Å²) in [6.45, 7) is 7.77. The molecule has 2 aliphatic carbocycles. The Morgan fingerprint density at radius 2 is 1.02 bits per heavy atom. The molecule has 0 radical (unpaired) electrons. The first kappa shape index (κ1) is 43.1. The molecular formula is C46H66O8. The molecule has 8 nitrogen and oxygen atoms in total. The van der Waals surface area contributed by atoms with Gasteiger partial charge in [0.05, 0.1) is 17.5 Å². The molecule has 0 aromatic heterocycles. The third-order valence-corrected chi connectivity index (χ3v) is 12.8. The summed E-state index contributed by atoms with van der Waals surface area (Å²) in [6.07, 6.45) is 15.8. The van der Waals surface area contributed by atoms with E-state index in [9.17, 15) is 29.4 Å². The van der Waals surface area contributed by atoms with Gasteiger partial charge in [-0.05, 0) is 123 Å². The van der Waals surface area contributed by atoms with Crippen molar-refractivity contribution >= 4 is 23.9 Å². The SMILES string of the molecule is CCCCC[C@H]1CC[C@H](c2ccc(C(=O)O[C@H](CC(=O)O)[C@H](OC(=O)c3ccc([C@H]4CC[C@H](CCCCC)CC4)cc3)C(CC)(CC)C(=O)O)cc2)CC1. The summed E-state index contributed by atoms with van der Waals surface area (Å²) in [4.78, 5) is 52.4. The zero-order valence-corrected chi connectivity index (χ0v) is 33.4. The average Bonchev–Trinajstić information content (AvgIpc) is 3.18. The number of ether oxygens (including phenoxy) is 2. The molecule has 8 heteroatoms. The molecular weight excluding hydrogens is 680 g/mol. The van der Waals surface area contributed by atoms with Gasteiger partial charge in [0.2, 0.25) is 0 Å². The maximum atomic E-state index is 13.7. The molecule has 0 heterocycles. The molecule has 2 aliphatic rings. The van der Waals surface area contributed by atoms with Gasteiger partial charge in [0.25, 0.3) is 0 Å². The van der Waals surface area contributed by atoms with Crippen molar-refractivity contribution in [2.75, 3.05) is 0 Å². The second-order valence-corrected chi connectivity index (χ2v) is 16.2. The summed E-state index contributed by atoms with van der Waals surface area (Å²) in [5.74, 6) is -1.70. The molecule has 0 saturated heterocycles. The van der Waals surface area contributed by atoms with E-state index in [1.807, 2.05) is 24.3 Å². The molecule has 2 atom stereocenters. The number of unbranched alkanes of at least 4 members (excludes halogenated alkanes) is 4. The van der Waals surface area contributed by atoms with Gasteiger partial charge in [0.1, 0.15) is 5.41 Å². The first-order valence-corrected chi connectivity index (χ1v) is 21.1. The lowest BCUT2D eigenvalue weighted by molar-refractivity contribution is -0.168. The smallest absolute Gasteiger partial charge is 0.338 e. The number of carbonyl (C=O) groups is 4. The van der Waals surface area contributed by atoms with E-state index in [4.69, 9.17) is 9.47 Å². The predicted octanol–water partition coefficient (Wildman–Crippen LogP) is 11.5. The van der Waals surface area contributed by atoms with Crippen molar-refractivity contribution in [3.63, 3.8) is 0 Å². The third kappa shape index (κ3) is 11.7. The Kier molecular flexibility index (Phi) is 17.1. The van der Waals surface area contributed by atoms with Crippen LogP contribution in [-0.2, 0) is 19.1 Å². The molecule has 0 aliphatic heterocycles. The molecule has 54 heavy (non-hydrogen) atoms. The number of carbonyl (C=O) groups excluding carboxylic acids is 2. The minimum Gasteiger partial charge on any atom is -0.481 e. The number of rotatable bonds is 21. The molecule has 0 bridgehead atoms. The predicted molar refractivity (Wildman–Crippen MR) is 212 cm³/mol. The second-order valence-electron chi connectivity index (χ2n) is 16.2. The Balaban J connectivity index is 1.47. The van der Waals surface area contributed by atoms with Crippen molar-refractivity contribution in [2.45, 2.75) is 174 Å². The van der Waals surface area contributed by atoms with Crippen molar-refractivity contribution < 1.29 is 38.9 Å². The van der Waals surface area contributed by atoms with Crippen molar-refractivity contribution in [1.29, 1.82) is 0 Å². The Bertz CT molecular complexity index is 1460. The number of esters is 2. The zero-order chi connectivity index (χ0) is 39.1. The van der Waals surface area contributed by atoms with Crippen LogP contribution in [0.5, 0.6) is 0 Å². The molecule has 4 rings (SSSR count). The van der Waals surface area contributed by atoms with E-state index in [0.29, 0.717) is 11.8 Å². The highest BCUT2D eigenvalue weighted by atomic mass is 16.6. The molecule has 2 saturated carbocycles. The fourth-order valence-electron chi connectivity index (χ4n) is 9.11. The molecule has 2 aromatic carbocycles. The molecule has 0 amide bonds. The van der Waals surface area contributed by atoms with Gasteiger partial charge in [0.15, 0.2) is 12.2 Å². The molecule has 298 valence electrons. The number of hydrogen-bond acceptors (Lipinski definition) is 6. The zero-order valence-electron chi connectivity index (χ0n) is 33.4. The molecule has 0 unspecified atom stereocenters. The fraction of sp³-hybridized carbons (Fsp3) is 0.652. The van der Waals surface area contributed by atoms with Crippen LogP contribution < -0.4 is 0 Å². The number of aliphatic carboxylic acids is 2. The van der Waals surface area contributed by atoms with Crippen LogP contribution in [0.15, 0.2) is 48.5 Å². The van der Waals surface area contributed by atoms with Gasteiger partial charge in [-0.1, -0.05) is 103 Å². The Hall–Kier alpha value is -3.68. The summed E-state index contributed by atoms with van der Waals surface area (Å²) in [7, 11) is 0. The van der Waals surface area contributed by atoms with E-state index in [-0.39, 0.29) is 24.0 Å². The van der Waals surface area contributed by atoms with E-state index in [1.165, 1.54) is 77.0 Å². The Labute approximate surface area is 323 Å². The monoisotopic (exact) mass is 746 g/mol. The molecule has 2 fully saturated rings. The first-order valence-electron chi connectivity index (χ1n) is 21.1. The fourth-order valence-corrected chi connectivity index (χ4v) is 9.11. The van der Waals surface area contributed by atoms with Gasteiger partial charge in [-0.3, -0.25) is 9.59 Å². The lowest BCUT2D eigenvalue weighted by atomic mass is 9.74. The highest BCUT2D eigenvalue weighted by Gasteiger charge is 2.51. The highest BCUT2D eigenvalue weighted by Crippen LogP contribution is 2.41. The number of carboxylic acids is 2.